The van der Waals surface area contributed by atoms with Crippen LogP contribution in [0.15, 0.2) is 18.5 Å². The summed E-state index contributed by atoms with van der Waals surface area (Å²) in [6, 6.07) is 2.37. The molecule has 1 aromatic heterocycles. The smallest absolute Gasteiger partial charge is 0.0617 e. The van der Waals surface area contributed by atoms with E-state index >= 15 is 0 Å². The molecule has 1 rings (SSSR count). The van der Waals surface area contributed by atoms with Gasteiger partial charge in [-0.05, 0) is 19.5 Å². The van der Waals surface area contributed by atoms with Gasteiger partial charge in [-0.15, -0.1) is 0 Å². The van der Waals surface area contributed by atoms with Crippen molar-refractivity contribution in [2.45, 2.75) is 19.9 Å². The lowest BCUT2D eigenvalue weighted by molar-refractivity contribution is 0.248. The average molecular weight is 196 g/mol. The lowest BCUT2D eigenvalue weighted by atomic mass is 10.3. The van der Waals surface area contributed by atoms with Crippen molar-refractivity contribution in [1.29, 1.82) is 0 Å². The quantitative estimate of drug-likeness (QED) is 0.729. The molecule has 0 aliphatic heterocycles. The van der Waals surface area contributed by atoms with Crippen molar-refractivity contribution in [3.8, 4) is 0 Å². The molecule has 0 bridgehead atoms. The van der Waals surface area contributed by atoms with Crippen LogP contribution >= 0.6 is 0 Å². The Labute approximate surface area is 85.7 Å². The zero-order valence-electron chi connectivity index (χ0n) is 9.06. The summed E-state index contributed by atoms with van der Waals surface area (Å²) in [6.07, 6.45) is 3.82. The second-order valence-electron chi connectivity index (χ2n) is 3.52. The van der Waals surface area contributed by atoms with E-state index in [1.165, 1.54) is 0 Å². The van der Waals surface area contributed by atoms with Crippen LogP contribution in [-0.4, -0.2) is 40.9 Å². The summed E-state index contributed by atoms with van der Waals surface area (Å²) in [6.45, 7) is 8.07. The second-order valence-corrected chi connectivity index (χ2v) is 3.52. The first-order chi connectivity index (χ1) is 6.77. The number of nitrogens with zero attached hydrogens (tertiary/aromatic N) is 3. The summed E-state index contributed by atoms with van der Waals surface area (Å²) in [4.78, 5) is 2.34. The van der Waals surface area contributed by atoms with E-state index in [1.54, 1.807) is 0 Å². The van der Waals surface area contributed by atoms with Crippen molar-refractivity contribution in [3.05, 3.63) is 18.5 Å². The Bertz CT molecular complexity index is 232. The Morgan fingerprint density at radius 2 is 2.36 bits per heavy atom. The number of hydrogen-bond acceptors (Lipinski definition) is 3. The summed E-state index contributed by atoms with van der Waals surface area (Å²) < 4.78 is 1.99. The standard InChI is InChI=1S/C10H20N4/c1-3-13(8-5-11)9-10(2)14-7-4-6-12-14/h4,6-7,10H,3,5,8-9,11H2,1-2H3. The largest absolute Gasteiger partial charge is 0.329 e. The highest BCUT2D eigenvalue weighted by atomic mass is 15.3. The van der Waals surface area contributed by atoms with Crippen molar-refractivity contribution >= 4 is 0 Å². The van der Waals surface area contributed by atoms with Gasteiger partial charge >= 0.3 is 0 Å². The summed E-state index contributed by atoms with van der Waals surface area (Å²) >= 11 is 0. The van der Waals surface area contributed by atoms with Gasteiger partial charge < -0.3 is 10.6 Å². The normalized spacial score (nSPS) is 13.4. The van der Waals surface area contributed by atoms with E-state index in [4.69, 9.17) is 5.73 Å². The minimum Gasteiger partial charge on any atom is -0.329 e. The number of likely N-dealkylation sites (N-methyl/N-ethyl adjacent to an activating group) is 1. The molecule has 0 aromatic carbocycles. The number of aromatic nitrogens is 2. The number of rotatable bonds is 6. The molecule has 1 unspecified atom stereocenters. The van der Waals surface area contributed by atoms with Crippen LogP contribution in [-0.2, 0) is 0 Å². The van der Waals surface area contributed by atoms with Gasteiger partial charge in [0, 0.05) is 32.0 Å². The van der Waals surface area contributed by atoms with Crippen LogP contribution in [0.4, 0.5) is 0 Å². The highest BCUT2D eigenvalue weighted by Crippen LogP contribution is 2.05. The SMILES string of the molecule is CCN(CCN)CC(C)n1cccn1. The molecule has 0 radical (unpaired) electrons. The fraction of sp³-hybridized carbons (Fsp3) is 0.700. The molecule has 14 heavy (non-hydrogen) atoms. The third kappa shape index (κ3) is 3.12. The van der Waals surface area contributed by atoms with Crippen LogP contribution in [0.5, 0.6) is 0 Å². The monoisotopic (exact) mass is 196 g/mol. The van der Waals surface area contributed by atoms with Gasteiger partial charge in [0.2, 0.25) is 0 Å². The average Bonchev–Trinajstić information content (AvgIpc) is 2.69. The molecule has 0 fully saturated rings. The summed E-state index contributed by atoms with van der Waals surface area (Å²) in [5, 5.41) is 4.22. The third-order valence-electron chi connectivity index (χ3n) is 2.39. The predicted octanol–water partition coefficient (Wildman–Crippen LogP) is 0.725. The molecule has 0 saturated carbocycles. The van der Waals surface area contributed by atoms with E-state index in [2.05, 4.69) is 23.8 Å². The first-order valence-electron chi connectivity index (χ1n) is 5.19. The van der Waals surface area contributed by atoms with Gasteiger partial charge in [0.05, 0.1) is 6.04 Å². The highest BCUT2D eigenvalue weighted by Gasteiger charge is 2.09. The minimum atomic E-state index is 0.413. The molecular formula is C10H20N4. The van der Waals surface area contributed by atoms with Gasteiger partial charge in [-0.3, -0.25) is 4.68 Å². The third-order valence-corrected chi connectivity index (χ3v) is 2.39. The van der Waals surface area contributed by atoms with Crippen molar-refractivity contribution in [1.82, 2.24) is 14.7 Å². The fourth-order valence-corrected chi connectivity index (χ4v) is 1.56. The van der Waals surface area contributed by atoms with Gasteiger partial charge in [0.15, 0.2) is 0 Å². The molecule has 1 heterocycles. The van der Waals surface area contributed by atoms with E-state index in [-0.39, 0.29) is 0 Å². The van der Waals surface area contributed by atoms with E-state index in [0.717, 1.165) is 26.2 Å². The molecular weight excluding hydrogens is 176 g/mol. The lowest BCUT2D eigenvalue weighted by Crippen LogP contribution is -2.34. The van der Waals surface area contributed by atoms with E-state index in [9.17, 15) is 0 Å². The van der Waals surface area contributed by atoms with Crippen LogP contribution in [0.3, 0.4) is 0 Å². The molecule has 80 valence electrons. The number of nitrogens with two attached hydrogens (primary N) is 1. The fourth-order valence-electron chi connectivity index (χ4n) is 1.56. The van der Waals surface area contributed by atoms with Crippen molar-refractivity contribution in [3.63, 3.8) is 0 Å². The highest BCUT2D eigenvalue weighted by molar-refractivity contribution is 4.81. The molecule has 0 amide bonds. The Morgan fingerprint density at radius 1 is 1.57 bits per heavy atom. The maximum absolute atomic E-state index is 5.54. The molecule has 0 saturated heterocycles. The van der Waals surface area contributed by atoms with E-state index in [0.29, 0.717) is 6.04 Å². The summed E-state index contributed by atoms with van der Waals surface area (Å²) in [5.74, 6) is 0. The van der Waals surface area contributed by atoms with Crippen LogP contribution < -0.4 is 5.73 Å². The van der Waals surface area contributed by atoms with Gasteiger partial charge in [0.1, 0.15) is 0 Å². The first kappa shape index (κ1) is 11.2. The van der Waals surface area contributed by atoms with Gasteiger partial charge in [-0.1, -0.05) is 6.92 Å². The Hall–Kier alpha value is -0.870. The van der Waals surface area contributed by atoms with Crippen LogP contribution in [0.25, 0.3) is 0 Å². The first-order valence-corrected chi connectivity index (χ1v) is 5.19. The lowest BCUT2D eigenvalue weighted by Gasteiger charge is -2.23. The van der Waals surface area contributed by atoms with Crippen LogP contribution in [0, 0.1) is 0 Å². The summed E-state index contributed by atoms with van der Waals surface area (Å²) in [7, 11) is 0. The molecule has 1 aromatic rings. The van der Waals surface area contributed by atoms with Crippen molar-refractivity contribution in [2.75, 3.05) is 26.2 Å². The Balaban J connectivity index is 2.42. The van der Waals surface area contributed by atoms with Gasteiger partial charge in [-0.25, -0.2) is 0 Å². The maximum atomic E-state index is 5.54. The summed E-state index contributed by atoms with van der Waals surface area (Å²) in [5.41, 5.74) is 5.54. The maximum Gasteiger partial charge on any atom is 0.0617 e. The minimum absolute atomic E-state index is 0.413. The predicted molar refractivity (Wildman–Crippen MR) is 58.1 cm³/mol. The van der Waals surface area contributed by atoms with E-state index < -0.39 is 0 Å². The zero-order chi connectivity index (χ0) is 10.4. The molecule has 0 spiro atoms. The van der Waals surface area contributed by atoms with Gasteiger partial charge in [-0.2, -0.15) is 5.10 Å². The van der Waals surface area contributed by atoms with Crippen molar-refractivity contribution < 1.29 is 0 Å². The van der Waals surface area contributed by atoms with Crippen LogP contribution in [0.1, 0.15) is 19.9 Å². The molecule has 0 aliphatic rings. The topological polar surface area (TPSA) is 47.1 Å². The Morgan fingerprint density at radius 3 is 2.86 bits per heavy atom. The molecule has 0 aliphatic carbocycles. The Kier molecular flexibility index (Phi) is 4.62. The number of hydrogen-bond donors (Lipinski definition) is 1. The molecule has 4 heteroatoms. The second kappa shape index (κ2) is 5.78. The molecule has 1 atom stereocenters. The molecule has 4 nitrogen and oxygen atoms in total. The van der Waals surface area contributed by atoms with Crippen molar-refractivity contribution in [2.24, 2.45) is 5.73 Å². The zero-order valence-corrected chi connectivity index (χ0v) is 9.06. The molecule has 2 N–H and O–H groups in total. The van der Waals surface area contributed by atoms with E-state index in [1.807, 2.05) is 23.1 Å². The van der Waals surface area contributed by atoms with Crippen LogP contribution in [0.2, 0.25) is 0 Å². The van der Waals surface area contributed by atoms with Gasteiger partial charge in [0.25, 0.3) is 0 Å².